The molecule has 8 heteroatoms. The molecule has 0 spiro atoms. The maximum atomic E-state index is 12.3. The minimum Gasteiger partial charge on any atom is -0.466 e. The number of methoxy groups -OCH3 is 2. The van der Waals surface area contributed by atoms with Gasteiger partial charge in [0.2, 0.25) is 0 Å². The third-order valence-corrected chi connectivity index (χ3v) is 4.95. The maximum absolute atomic E-state index is 12.3. The standard InChI is InChI=1S/C15H18O8/c1-7(17)22-6-15-9-4-8(9)14(5-16,23-15)10(12(18)20-2)11(15)13(19)21-3/h8-9,16H,4-6H2,1-3H3/t8-,9+,14-,15+/m1/s1. The zero-order valence-corrected chi connectivity index (χ0v) is 13.1. The molecule has 0 aromatic rings. The Morgan fingerprint density at radius 3 is 2.13 bits per heavy atom. The van der Waals surface area contributed by atoms with Crippen LogP contribution in [0, 0.1) is 11.8 Å². The molecule has 2 aliphatic heterocycles. The van der Waals surface area contributed by atoms with Crippen molar-refractivity contribution in [3.8, 4) is 0 Å². The van der Waals surface area contributed by atoms with Gasteiger partial charge in [0.05, 0.1) is 32.0 Å². The Bertz CT molecular complexity index is 623. The first-order chi connectivity index (χ1) is 10.9. The number of rotatable bonds is 5. The molecule has 0 unspecified atom stereocenters. The summed E-state index contributed by atoms with van der Waals surface area (Å²) in [6, 6.07) is 0. The highest BCUT2D eigenvalue weighted by Gasteiger charge is 2.80. The number of aliphatic hydroxyl groups is 1. The van der Waals surface area contributed by atoms with Crippen LogP contribution < -0.4 is 0 Å². The van der Waals surface area contributed by atoms with Gasteiger partial charge in [-0.25, -0.2) is 9.59 Å². The van der Waals surface area contributed by atoms with Gasteiger partial charge in [-0.1, -0.05) is 0 Å². The molecule has 2 heterocycles. The van der Waals surface area contributed by atoms with Crippen LogP contribution >= 0.6 is 0 Å². The Balaban J connectivity index is 2.15. The van der Waals surface area contributed by atoms with Crippen LogP contribution in [0.25, 0.3) is 0 Å². The highest BCUT2D eigenvalue weighted by molar-refractivity contribution is 6.05. The summed E-state index contributed by atoms with van der Waals surface area (Å²) in [6.07, 6.45) is 0.656. The lowest BCUT2D eigenvalue weighted by molar-refractivity contribution is -0.161. The van der Waals surface area contributed by atoms with Crippen molar-refractivity contribution in [2.45, 2.75) is 24.5 Å². The van der Waals surface area contributed by atoms with Crippen LogP contribution in [0.4, 0.5) is 0 Å². The van der Waals surface area contributed by atoms with Crippen LogP contribution in [0.5, 0.6) is 0 Å². The van der Waals surface area contributed by atoms with Gasteiger partial charge >= 0.3 is 17.9 Å². The zero-order chi connectivity index (χ0) is 17.0. The van der Waals surface area contributed by atoms with Crippen LogP contribution in [-0.4, -0.2) is 61.6 Å². The van der Waals surface area contributed by atoms with E-state index in [4.69, 9.17) is 18.9 Å². The molecule has 3 aliphatic rings. The Labute approximate surface area is 132 Å². The summed E-state index contributed by atoms with van der Waals surface area (Å²) >= 11 is 0. The number of aliphatic hydroxyl groups excluding tert-OH is 1. The molecule has 2 bridgehead atoms. The number of hydrogen-bond donors (Lipinski definition) is 1. The maximum Gasteiger partial charge on any atom is 0.337 e. The fraction of sp³-hybridized carbons (Fsp3) is 0.667. The number of carbonyl (C=O) groups excluding carboxylic acids is 3. The highest BCUT2D eigenvalue weighted by Crippen LogP contribution is 2.71. The SMILES string of the molecule is COC(=O)C1=C(C(=O)OC)[C@@]2(COC(C)=O)O[C@]1(CO)[C@@H]1C[C@@H]12. The molecule has 1 saturated heterocycles. The van der Waals surface area contributed by atoms with E-state index in [9.17, 15) is 19.5 Å². The summed E-state index contributed by atoms with van der Waals surface area (Å²) in [6.45, 7) is 0.560. The minimum atomic E-state index is -1.30. The van der Waals surface area contributed by atoms with Crippen molar-refractivity contribution >= 4 is 17.9 Å². The van der Waals surface area contributed by atoms with Gasteiger partial charge in [-0.05, 0) is 6.42 Å². The Hall–Kier alpha value is -1.93. The summed E-state index contributed by atoms with van der Waals surface area (Å²) < 4.78 is 20.6. The van der Waals surface area contributed by atoms with Crippen molar-refractivity contribution in [3.05, 3.63) is 11.1 Å². The van der Waals surface area contributed by atoms with E-state index in [0.717, 1.165) is 0 Å². The van der Waals surface area contributed by atoms with Crippen molar-refractivity contribution in [1.29, 1.82) is 0 Å². The van der Waals surface area contributed by atoms with Gasteiger partial charge in [0.1, 0.15) is 17.8 Å². The molecule has 4 atom stereocenters. The monoisotopic (exact) mass is 326 g/mol. The molecule has 126 valence electrons. The normalized spacial score (nSPS) is 36.5. The van der Waals surface area contributed by atoms with Crippen LogP contribution in [0.15, 0.2) is 11.1 Å². The first-order valence-corrected chi connectivity index (χ1v) is 7.24. The highest BCUT2D eigenvalue weighted by atomic mass is 16.6. The van der Waals surface area contributed by atoms with Crippen molar-refractivity contribution in [1.82, 2.24) is 0 Å². The predicted octanol–water partition coefficient (Wildman–Crippen LogP) is -0.658. The van der Waals surface area contributed by atoms with E-state index >= 15 is 0 Å². The minimum absolute atomic E-state index is 0.0131. The van der Waals surface area contributed by atoms with Crippen molar-refractivity contribution in [2.75, 3.05) is 27.4 Å². The molecular formula is C15H18O8. The topological polar surface area (TPSA) is 108 Å². The van der Waals surface area contributed by atoms with E-state index < -0.39 is 35.7 Å². The molecule has 1 N–H and O–H groups in total. The Morgan fingerprint density at radius 1 is 1.13 bits per heavy atom. The number of fused-ring (bicyclic) bond motifs is 5. The van der Waals surface area contributed by atoms with Gasteiger partial charge in [0.25, 0.3) is 0 Å². The van der Waals surface area contributed by atoms with Gasteiger partial charge in [0.15, 0.2) is 0 Å². The molecule has 23 heavy (non-hydrogen) atoms. The van der Waals surface area contributed by atoms with Crippen molar-refractivity contribution < 1.29 is 38.4 Å². The first kappa shape index (κ1) is 15.9. The largest absolute Gasteiger partial charge is 0.466 e. The van der Waals surface area contributed by atoms with Crippen LogP contribution in [0.3, 0.4) is 0 Å². The van der Waals surface area contributed by atoms with Crippen molar-refractivity contribution in [2.24, 2.45) is 11.8 Å². The number of esters is 3. The molecule has 3 rings (SSSR count). The second kappa shape index (κ2) is 5.04. The summed E-state index contributed by atoms with van der Waals surface area (Å²) in [5.74, 6) is -2.27. The second-order valence-corrected chi connectivity index (χ2v) is 6.00. The third-order valence-electron chi connectivity index (χ3n) is 4.95. The first-order valence-electron chi connectivity index (χ1n) is 7.24. The molecular weight excluding hydrogens is 308 g/mol. The van der Waals surface area contributed by atoms with E-state index in [1.165, 1.54) is 21.1 Å². The lowest BCUT2D eigenvalue weighted by Crippen LogP contribution is -2.42. The Morgan fingerprint density at radius 2 is 1.65 bits per heavy atom. The van der Waals surface area contributed by atoms with Crippen molar-refractivity contribution in [3.63, 3.8) is 0 Å². The summed E-state index contributed by atoms with van der Waals surface area (Å²) in [5, 5.41) is 9.89. The number of ether oxygens (including phenoxy) is 4. The molecule has 8 nitrogen and oxygen atoms in total. The van der Waals surface area contributed by atoms with Crippen LogP contribution in [0.1, 0.15) is 13.3 Å². The van der Waals surface area contributed by atoms with E-state index in [1.807, 2.05) is 0 Å². The smallest absolute Gasteiger partial charge is 0.337 e. The number of carbonyl (C=O) groups is 3. The molecule has 1 aliphatic carbocycles. The molecule has 0 amide bonds. The zero-order valence-electron chi connectivity index (χ0n) is 13.1. The summed E-state index contributed by atoms with van der Waals surface area (Å²) in [4.78, 5) is 35.8. The second-order valence-electron chi connectivity index (χ2n) is 6.00. The lowest BCUT2D eigenvalue weighted by Gasteiger charge is -2.29. The number of hydrogen-bond acceptors (Lipinski definition) is 8. The average molecular weight is 326 g/mol. The Kier molecular flexibility index (Phi) is 3.49. The molecule has 0 aromatic heterocycles. The average Bonchev–Trinajstić information content (AvgIpc) is 3.25. The fourth-order valence-electron chi connectivity index (χ4n) is 4.00. The lowest BCUT2D eigenvalue weighted by atomic mass is 9.77. The van der Waals surface area contributed by atoms with Gasteiger partial charge in [-0.3, -0.25) is 4.79 Å². The molecule has 0 radical (unpaired) electrons. The van der Waals surface area contributed by atoms with Gasteiger partial charge in [0, 0.05) is 18.8 Å². The van der Waals surface area contributed by atoms with E-state index in [2.05, 4.69) is 0 Å². The van der Waals surface area contributed by atoms with Crippen LogP contribution in [-0.2, 0) is 33.3 Å². The third kappa shape index (κ3) is 1.88. The fourth-order valence-corrected chi connectivity index (χ4v) is 4.00. The molecule has 1 saturated carbocycles. The van der Waals surface area contributed by atoms with Crippen LogP contribution in [0.2, 0.25) is 0 Å². The predicted molar refractivity (Wildman–Crippen MR) is 72.9 cm³/mol. The van der Waals surface area contributed by atoms with E-state index in [1.54, 1.807) is 0 Å². The van der Waals surface area contributed by atoms with E-state index in [0.29, 0.717) is 6.42 Å². The van der Waals surface area contributed by atoms with Gasteiger partial charge < -0.3 is 24.1 Å². The molecule has 0 aromatic carbocycles. The van der Waals surface area contributed by atoms with E-state index in [-0.39, 0.29) is 29.6 Å². The summed E-state index contributed by atoms with van der Waals surface area (Å²) in [5.41, 5.74) is -2.61. The van der Waals surface area contributed by atoms with Gasteiger partial charge in [-0.2, -0.15) is 0 Å². The van der Waals surface area contributed by atoms with Gasteiger partial charge in [-0.15, -0.1) is 0 Å². The summed E-state index contributed by atoms with van der Waals surface area (Å²) in [7, 11) is 2.37. The quantitative estimate of drug-likeness (QED) is 0.524. The molecule has 2 fully saturated rings.